The van der Waals surface area contributed by atoms with E-state index < -0.39 is 38.1 Å². The Morgan fingerprint density at radius 1 is 0.964 bits per heavy atom. The third kappa shape index (κ3) is 6.16. The van der Waals surface area contributed by atoms with Crippen LogP contribution >= 0.6 is 0 Å². The van der Waals surface area contributed by atoms with Crippen molar-refractivity contribution < 1.29 is 22.9 Å². The predicted molar refractivity (Wildman–Crippen MR) is 105 cm³/mol. The Labute approximate surface area is 161 Å². The SMILES string of the molecule is Cc1ccc(NC(=O)CS(=O)(=O)CC(=O)Nc2cc([N+](=O)[O-])ccc2C)cc1. The fraction of sp³-hybridized carbons (Fsp3) is 0.222. The largest absolute Gasteiger partial charge is 0.325 e. The van der Waals surface area contributed by atoms with Crippen LogP contribution in [0.15, 0.2) is 42.5 Å². The summed E-state index contributed by atoms with van der Waals surface area (Å²) in [6, 6.07) is 10.7. The molecule has 2 aromatic rings. The molecule has 2 rings (SSSR count). The molecule has 2 aromatic carbocycles. The van der Waals surface area contributed by atoms with Gasteiger partial charge in [-0.05, 0) is 31.5 Å². The number of carbonyl (C=O) groups excluding carboxylic acids is 2. The Morgan fingerprint density at radius 3 is 2.11 bits per heavy atom. The average molecular weight is 405 g/mol. The molecule has 0 heterocycles. The highest BCUT2D eigenvalue weighted by molar-refractivity contribution is 7.92. The molecule has 0 saturated heterocycles. The van der Waals surface area contributed by atoms with Gasteiger partial charge in [0.05, 0.1) is 10.6 Å². The lowest BCUT2D eigenvalue weighted by molar-refractivity contribution is -0.384. The van der Waals surface area contributed by atoms with Gasteiger partial charge in [0.25, 0.3) is 5.69 Å². The molecule has 0 fully saturated rings. The van der Waals surface area contributed by atoms with E-state index in [-0.39, 0.29) is 11.4 Å². The van der Waals surface area contributed by atoms with E-state index in [1.165, 1.54) is 12.1 Å². The molecule has 0 spiro atoms. The first-order valence-corrected chi connectivity index (χ1v) is 10.00. The number of nitrogens with zero attached hydrogens (tertiary/aromatic N) is 1. The second-order valence-corrected chi connectivity index (χ2v) is 8.32. The van der Waals surface area contributed by atoms with Gasteiger partial charge in [0.1, 0.15) is 11.5 Å². The zero-order valence-corrected chi connectivity index (χ0v) is 16.1. The first-order chi connectivity index (χ1) is 13.1. The topological polar surface area (TPSA) is 135 Å². The summed E-state index contributed by atoms with van der Waals surface area (Å²) in [5, 5.41) is 15.6. The Bertz CT molecular complexity index is 1020. The van der Waals surface area contributed by atoms with Crippen LogP contribution in [0.3, 0.4) is 0 Å². The molecule has 0 aliphatic carbocycles. The Kier molecular flexibility index (Phi) is 6.47. The molecule has 28 heavy (non-hydrogen) atoms. The molecule has 0 unspecified atom stereocenters. The standard InChI is InChI=1S/C18H19N3O6S/c1-12-3-6-14(7-4-12)19-17(22)10-28(26,27)11-18(23)20-16-9-15(21(24)25)8-5-13(16)2/h3-9H,10-11H2,1-2H3,(H,19,22)(H,20,23). The van der Waals surface area contributed by atoms with E-state index in [0.29, 0.717) is 11.3 Å². The van der Waals surface area contributed by atoms with Crippen molar-refractivity contribution in [3.8, 4) is 0 Å². The number of hydrogen-bond acceptors (Lipinski definition) is 6. The third-order valence-corrected chi connectivity index (χ3v) is 5.15. The summed E-state index contributed by atoms with van der Waals surface area (Å²) in [7, 11) is -4.03. The van der Waals surface area contributed by atoms with Gasteiger partial charge in [-0.1, -0.05) is 23.8 Å². The number of nitro benzene ring substituents is 1. The minimum absolute atomic E-state index is 0.138. The normalized spacial score (nSPS) is 10.9. The Balaban J connectivity index is 1.98. The van der Waals surface area contributed by atoms with E-state index in [0.717, 1.165) is 11.6 Å². The van der Waals surface area contributed by atoms with E-state index in [1.807, 2.05) is 6.92 Å². The van der Waals surface area contributed by atoms with Crippen LogP contribution in [0.4, 0.5) is 17.1 Å². The van der Waals surface area contributed by atoms with Crippen LogP contribution in [0.25, 0.3) is 0 Å². The molecule has 10 heteroatoms. The molecule has 0 radical (unpaired) electrons. The molecular weight excluding hydrogens is 386 g/mol. The zero-order valence-electron chi connectivity index (χ0n) is 15.3. The maximum absolute atomic E-state index is 12.1. The highest BCUT2D eigenvalue weighted by Crippen LogP contribution is 2.21. The number of anilines is 2. The Morgan fingerprint density at radius 2 is 1.54 bits per heavy atom. The zero-order chi connectivity index (χ0) is 20.9. The number of non-ortho nitro benzene ring substituents is 1. The minimum atomic E-state index is -4.03. The van der Waals surface area contributed by atoms with Gasteiger partial charge in [-0.15, -0.1) is 0 Å². The number of sulfone groups is 1. The number of nitrogens with one attached hydrogen (secondary N) is 2. The van der Waals surface area contributed by atoms with Crippen molar-refractivity contribution in [2.24, 2.45) is 0 Å². The van der Waals surface area contributed by atoms with Crippen molar-refractivity contribution in [3.63, 3.8) is 0 Å². The van der Waals surface area contributed by atoms with E-state index in [1.54, 1.807) is 31.2 Å². The molecule has 0 saturated carbocycles. The first-order valence-electron chi connectivity index (χ1n) is 8.17. The lowest BCUT2D eigenvalue weighted by Crippen LogP contribution is -2.30. The van der Waals surface area contributed by atoms with Crippen molar-refractivity contribution in [2.75, 3.05) is 22.1 Å². The van der Waals surface area contributed by atoms with Crippen LogP contribution in [0.1, 0.15) is 11.1 Å². The number of benzene rings is 2. The predicted octanol–water partition coefficient (Wildman–Crippen LogP) is 2.20. The van der Waals surface area contributed by atoms with Gasteiger partial charge in [-0.25, -0.2) is 8.42 Å². The van der Waals surface area contributed by atoms with Crippen LogP contribution in [0.2, 0.25) is 0 Å². The van der Waals surface area contributed by atoms with E-state index in [2.05, 4.69) is 10.6 Å². The molecule has 2 N–H and O–H groups in total. The summed E-state index contributed by atoms with van der Waals surface area (Å²) >= 11 is 0. The van der Waals surface area contributed by atoms with Gasteiger partial charge in [0.2, 0.25) is 11.8 Å². The Hall–Kier alpha value is -3.27. The number of rotatable bonds is 7. The number of aryl methyl sites for hydroxylation is 2. The summed E-state index contributed by atoms with van der Waals surface area (Å²) < 4.78 is 24.2. The summed E-state index contributed by atoms with van der Waals surface area (Å²) in [5.74, 6) is -3.42. The average Bonchev–Trinajstić information content (AvgIpc) is 2.57. The van der Waals surface area contributed by atoms with E-state index in [9.17, 15) is 28.1 Å². The van der Waals surface area contributed by atoms with Gasteiger partial charge in [-0.3, -0.25) is 19.7 Å². The van der Waals surface area contributed by atoms with Crippen LogP contribution in [0, 0.1) is 24.0 Å². The molecular formula is C18H19N3O6S. The van der Waals surface area contributed by atoms with Gasteiger partial charge >= 0.3 is 0 Å². The van der Waals surface area contributed by atoms with Crippen LogP contribution < -0.4 is 10.6 Å². The number of amides is 2. The van der Waals surface area contributed by atoms with Crippen molar-refractivity contribution in [2.45, 2.75) is 13.8 Å². The minimum Gasteiger partial charge on any atom is -0.325 e. The summed E-state index contributed by atoms with van der Waals surface area (Å²) in [6.07, 6.45) is 0. The summed E-state index contributed by atoms with van der Waals surface area (Å²) in [6.45, 7) is 3.49. The lowest BCUT2D eigenvalue weighted by atomic mass is 10.2. The fourth-order valence-corrected chi connectivity index (χ4v) is 3.37. The van der Waals surface area contributed by atoms with Crippen molar-refractivity contribution in [3.05, 3.63) is 63.7 Å². The second-order valence-electron chi connectivity index (χ2n) is 6.25. The second kappa shape index (κ2) is 8.61. The fourth-order valence-electron chi connectivity index (χ4n) is 2.33. The van der Waals surface area contributed by atoms with Crippen molar-refractivity contribution >= 4 is 38.7 Å². The molecule has 0 atom stereocenters. The molecule has 0 aliphatic heterocycles. The number of hydrogen-bond donors (Lipinski definition) is 2. The summed E-state index contributed by atoms with van der Waals surface area (Å²) in [5.41, 5.74) is 1.87. The van der Waals surface area contributed by atoms with Crippen LogP contribution in [0.5, 0.6) is 0 Å². The molecule has 9 nitrogen and oxygen atoms in total. The number of nitro groups is 1. The number of carbonyl (C=O) groups is 2. The monoisotopic (exact) mass is 405 g/mol. The smallest absolute Gasteiger partial charge is 0.271 e. The molecule has 148 valence electrons. The molecule has 2 amide bonds. The quantitative estimate of drug-likeness (QED) is 0.535. The van der Waals surface area contributed by atoms with E-state index in [4.69, 9.17) is 0 Å². The van der Waals surface area contributed by atoms with E-state index >= 15 is 0 Å². The lowest BCUT2D eigenvalue weighted by Gasteiger charge is -2.09. The summed E-state index contributed by atoms with van der Waals surface area (Å²) in [4.78, 5) is 34.2. The maximum atomic E-state index is 12.1. The van der Waals surface area contributed by atoms with Crippen molar-refractivity contribution in [1.82, 2.24) is 0 Å². The van der Waals surface area contributed by atoms with Gasteiger partial charge < -0.3 is 10.6 Å². The van der Waals surface area contributed by atoms with Gasteiger partial charge in [-0.2, -0.15) is 0 Å². The highest BCUT2D eigenvalue weighted by atomic mass is 32.2. The third-order valence-electron chi connectivity index (χ3n) is 3.74. The van der Waals surface area contributed by atoms with Crippen LogP contribution in [-0.4, -0.2) is 36.7 Å². The maximum Gasteiger partial charge on any atom is 0.271 e. The molecule has 0 aromatic heterocycles. The highest BCUT2D eigenvalue weighted by Gasteiger charge is 2.22. The molecule has 0 aliphatic rings. The van der Waals surface area contributed by atoms with Crippen LogP contribution in [-0.2, 0) is 19.4 Å². The molecule has 0 bridgehead atoms. The van der Waals surface area contributed by atoms with Gasteiger partial charge in [0, 0.05) is 17.8 Å². The van der Waals surface area contributed by atoms with Gasteiger partial charge in [0.15, 0.2) is 9.84 Å². The van der Waals surface area contributed by atoms with Crippen molar-refractivity contribution in [1.29, 1.82) is 0 Å². The first kappa shape index (κ1) is 21.0.